The Morgan fingerprint density at radius 3 is 2.76 bits per heavy atom. The van der Waals surface area contributed by atoms with Crippen LogP contribution in [0.25, 0.3) is 0 Å². The number of para-hydroxylation sites is 1. The van der Waals surface area contributed by atoms with Crippen molar-refractivity contribution in [1.82, 2.24) is 0 Å². The first-order valence-electron chi connectivity index (χ1n) is 6.65. The third-order valence-electron chi connectivity index (χ3n) is 3.59. The Labute approximate surface area is 133 Å². The fourth-order valence-corrected chi connectivity index (χ4v) is 2.85. The Balaban J connectivity index is 1.75. The summed E-state index contributed by atoms with van der Waals surface area (Å²) in [7, 11) is 0. The van der Waals surface area contributed by atoms with Crippen LogP contribution in [0.2, 0.25) is 10.0 Å². The van der Waals surface area contributed by atoms with Gasteiger partial charge >= 0.3 is 0 Å². The monoisotopic (exact) mass is 320 g/mol. The lowest BCUT2D eigenvalue weighted by Gasteiger charge is -2.14. The molecule has 0 saturated carbocycles. The van der Waals surface area contributed by atoms with Gasteiger partial charge in [0, 0.05) is 17.1 Å². The number of carbonyl (C=O) groups excluding carboxylic acids is 1. The average Bonchev–Trinajstić information content (AvgIpc) is 2.88. The predicted molar refractivity (Wildman–Crippen MR) is 87.4 cm³/mol. The van der Waals surface area contributed by atoms with Crippen LogP contribution in [0.3, 0.4) is 0 Å². The van der Waals surface area contributed by atoms with Crippen LogP contribution in [0.5, 0.6) is 0 Å². The number of aryl methyl sites for hydroxylation is 1. The van der Waals surface area contributed by atoms with Gasteiger partial charge < -0.3 is 10.6 Å². The van der Waals surface area contributed by atoms with E-state index in [0.717, 1.165) is 16.8 Å². The highest BCUT2D eigenvalue weighted by Crippen LogP contribution is 2.30. The van der Waals surface area contributed by atoms with Gasteiger partial charge in [-0.15, -0.1) is 0 Å². The summed E-state index contributed by atoms with van der Waals surface area (Å²) >= 11 is 12.2. The molecule has 2 N–H and O–H groups in total. The zero-order valence-electron chi connectivity index (χ0n) is 11.4. The third-order valence-corrected chi connectivity index (χ3v) is 4.31. The lowest BCUT2D eigenvalue weighted by Crippen LogP contribution is -2.32. The van der Waals surface area contributed by atoms with Gasteiger partial charge in [-0.1, -0.05) is 41.4 Å². The summed E-state index contributed by atoms with van der Waals surface area (Å²) in [6, 6.07) is 11.0. The van der Waals surface area contributed by atoms with Crippen molar-refractivity contribution >= 4 is 40.5 Å². The molecule has 0 aromatic heterocycles. The standard InChI is InChI=1S/C16H14Cl2N2O/c1-9-6-12(18)14(8-11(9)17)20-16(21)15-7-10-4-2-3-5-13(10)19-15/h2-6,8,15,19H,7H2,1H3,(H,20,21). The molecule has 1 aliphatic heterocycles. The number of nitrogens with one attached hydrogen (secondary N) is 2. The highest BCUT2D eigenvalue weighted by molar-refractivity contribution is 6.36. The highest BCUT2D eigenvalue weighted by Gasteiger charge is 2.26. The summed E-state index contributed by atoms with van der Waals surface area (Å²) in [5.74, 6) is -0.118. The molecule has 108 valence electrons. The second-order valence-corrected chi connectivity index (χ2v) is 5.94. The zero-order valence-corrected chi connectivity index (χ0v) is 12.9. The second-order valence-electron chi connectivity index (χ2n) is 5.13. The normalized spacial score (nSPS) is 16.2. The summed E-state index contributed by atoms with van der Waals surface area (Å²) < 4.78 is 0. The van der Waals surface area contributed by atoms with Crippen LogP contribution < -0.4 is 10.6 Å². The van der Waals surface area contributed by atoms with Crippen molar-refractivity contribution in [1.29, 1.82) is 0 Å². The molecule has 1 amide bonds. The fourth-order valence-electron chi connectivity index (χ4n) is 2.42. The number of anilines is 2. The summed E-state index contributed by atoms with van der Waals surface area (Å²) in [6.07, 6.45) is 0.666. The molecular formula is C16H14Cl2N2O. The molecule has 1 unspecified atom stereocenters. The zero-order chi connectivity index (χ0) is 15.0. The molecule has 0 radical (unpaired) electrons. The number of hydrogen-bond acceptors (Lipinski definition) is 2. The number of carbonyl (C=O) groups is 1. The van der Waals surface area contributed by atoms with Crippen molar-refractivity contribution in [2.75, 3.05) is 10.6 Å². The maximum atomic E-state index is 12.4. The smallest absolute Gasteiger partial charge is 0.247 e. The lowest BCUT2D eigenvalue weighted by molar-refractivity contribution is -0.116. The van der Waals surface area contributed by atoms with E-state index in [1.807, 2.05) is 31.2 Å². The first-order valence-corrected chi connectivity index (χ1v) is 7.41. The van der Waals surface area contributed by atoms with Crippen LogP contribution >= 0.6 is 23.2 Å². The molecule has 1 atom stereocenters. The van der Waals surface area contributed by atoms with Gasteiger partial charge in [0.25, 0.3) is 0 Å². The van der Waals surface area contributed by atoms with Crippen LogP contribution in [0.15, 0.2) is 36.4 Å². The van der Waals surface area contributed by atoms with Crippen LogP contribution in [0, 0.1) is 6.92 Å². The van der Waals surface area contributed by atoms with Gasteiger partial charge in [-0.25, -0.2) is 0 Å². The van der Waals surface area contributed by atoms with Gasteiger partial charge in [0.05, 0.1) is 10.7 Å². The minimum atomic E-state index is -0.293. The molecule has 3 rings (SSSR count). The van der Waals surface area contributed by atoms with Crippen molar-refractivity contribution < 1.29 is 4.79 Å². The molecule has 1 heterocycles. The highest BCUT2D eigenvalue weighted by atomic mass is 35.5. The van der Waals surface area contributed by atoms with E-state index in [-0.39, 0.29) is 11.9 Å². The van der Waals surface area contributed by atoms with Gasteiger partial charge in [0.15, 0.2) is 0 Å². The van der Waals surface area contributed by atoms with E-state index in [0.29, 0.717) is 22.2 Å². The molecule has 0 aliphatic carbocycles. The van der Waals surface area contributed by atoms with Crippen molar-refractivity contribution in [3.05, 3.63) is 57.6 Å². The summed E-state index contributed by atoms with van der Waals surface area (Å²) in [6.45, 7) is 1.87. The number of rotatable bonds is 2. The Bertz CT molecular complexity index is 690. The third kappa shape index (κ3) is 2.85. The Morgan fingerprint density at radius 1 is 1.24 bits per heavy atom. The summed E-state index contributed by atoms with van der Waals surface area (Å²) in [5, 5.41) is 7.12. The van der Waals surface area contributed by atoms with Gasteiger partial charge in [-0.05, 0) is 36.2 Å². The number of halogens is 2. The van der Waals surface area contributed by atoms with Crippen molar-refractivity contribution in [2.24, 2.45) is 0 Å². The van der Waals surface area contributed by atoms with Gasteiger partial charge in [0.2, 0.25) is 5.91 Å². The van der Waals surface area contributed by atoms with Gasteiger partial charge in [0.1, 0.15) is 6.04 Å². The topological polar surface area (TPSA) is 41.1 Å². The molecule has 1 aliphatic rings. The summed E-state index contributed by atoms with van der Waals surface area (Å²) in [4.78, 5) is 12.4. The molecular weight excluding hydrogens is 307 g/mol. The maximum absolute atomic E-state index is 12.4. The van der Waals surface area contributed by atoms with Crippen LogP contribution in [-0.2, 0) is 11.2 Å². The quantitative estimate of drug-likeness (QED) is 0.867. The predicted octanol–water partition coefficient (Wildman–Crippen LogP) is 4.28. The molecule has 0 saturated heterocycles. The van der Waals surface area contributed by atoms with E-state index >= 15 is 0 Å². The van der Waals surface area contributed by atoms with E-state index in [1.165, 1.54) is 0 Å². The van der Waals surface area contributed by atoms with E-state index in [2.05, 4.69) is 10.6 Å². The first kappa shape index (κ1) is 14.2. The Hall–Kier alpha value is -1.71. The number of hydrogen-bond donors (Lipinski definition) is 2. The Kier molecular flexibility index (Phi) is 3.79. The van der Waals surface area contributed by atoms with E-state index in [1.54, 1.807) is 12.1 Å². The van der Waals surface area contributed by atoms with Crippen molar-refractivity contribution in [3.8, 4) is 0 Å². The van der Waals surface area contributed by atoms with E-state index < -0.39 is 0 Å². The molecule has 2 aromatic rings. The minimum absolute atomic E-state index is 0.118. The van der Waals surface area contributed by atoms with Crippen molar-refractivity contribution in [2.45, 2.75) is 19.4 Å². The number of amides is 1. The van der Waals surface area contributed by atoms with Crippen LogP contribution in [-0.4, -0.2) is 11.9 Å². The van der Waals surface area contributed by atoms with E-state index in [9.17, 15) is 4.79 Å². The van der Waals surface area contributed by atoms with Crippen LogP contribution in [0.4, 0.5) is 11.4 Å². The maximum Gasteiger partial charge on any atom is 0.247 e. The van der Waals surface area contributed by atoms with Gasteiger partial charge in [-0.3, -0.25) is 4.79 Å². The number of benzene rings is 2. The molecule has 21 heavy (non-hydrogen) atoms. The minimum Gasteiger partial charge on any atom is -0.373 e. The van der Waals surface area contributed by atoms with Crippen LogP contribution in [0.1, 0.15) is 11.1 Å². The SMILES string of the molecule is Cc1cc(Cl)c(NC(=O)C2Cc3ccccc3N2)cc1Cl. The largest absolute Gasteiger partial charge is 0.373 e. The molecule has 3 nitrogen and oxygen atoms in total. The molecule has 5 heteroatoms. The Morgan fingerprint density at radius 2 is 2.00 bits per heavy atom. The number of fused-ring (bicyclic) bond motifs is 1. The molecule has 0 bridgehead atoms. The van der Waals surface area contributed by atoms with Crippen molar-refractivity contribution in [3.63, 3.8) is 0 Å². The molecule has 0 spiro atoms. The molecule has 2 aromatic carbocycles. The lowest BCUT2D eigenvalue weighted by atomic mass is 10.1. The summed E-state index contributed by atoms with van der Waals surface area (Å²) in [5.41, 5.74) is 3.57. The average molecular weight is 321 g/mol. The molecule has 0 fully saturated rings. The second kappa shape index (κ2) is 5.58. The van der Waals surface area contributed by atoms with E-state index in [4.69, 9.17) is 23.2 Å². The fraction of sp³-hybridized carbons (Fsp3) is 0.188. The van der Waals surface area contributed by atoms with Gasteiger partial charge in [-0.2, -0.15) is 0 Å². The first-order chi connectivity index (χ1) is 10.0.